The Labute approximate surface area is 155 Å². The number of amides is 2. The minimum Gasteiger partial charge on any atom is -0.497 e. The molecule has 0 unspecified atom stereocenters. The van der Waals surface area contributed by atoms with Crippen molar-refractivity contribution >= 4 is 23.2 Å². The largest absolute Gasteiger partial charge is 0.497 e. The van der Waals surface area contributed by atoms with Gasteiger partial charge in [0.15, 0.2) is 0 Å². The van der Waals surface area contributed by atoms with Crippen LogP contribution in [-0.4, -0.2) is 38.5 Å². The van der Waals surface area contributed by atoms with Gasteiger partial charge in [-0.05, 0) is 31.2 Å². The van der Waals surface area contributed by atoms with Crippen molar-refractivity contribution in [2.45, 2.75) is 6.92 Å². The smallest absolute Gasteiger partial charge is 0.276 e. The molecule has 0 aliphatic heterocycles. The second-order valence-corrected chi connectivity index (χ2v) is 5.93. The lowest BCUT2D eigenvalue weighted by molar-refractivity contribution is 0.101. The molecule has 2 aromatic heterocycles. The Morgan fingerprint density at radius 2 is 1.52 bits per heavy atom. The lowest BCUT2D eigenvalue weighted by Crippen LogP contribution is -2.20. The highest BCUT2D eigenvalue weighted by Gasteiger charge is 2.20. The van der Waals surface area contributed by atoms with Gasteiger partial charge in [0.25, 0.3) is 11.8 Å². The molecule has 1 aromatic carbocycles. The molecule has 0 radical (unpaired) electrons. The van der Waals surface area contributed by atoms with Gasteiger partial charge in [0, 0.05) is 19.7 Å². The molecule has 0 aliphatic carbocycles. The number of benzene rings is 1. The lowest BCUT2D eigenvalue weighted by Gasteiger charge is -2.09. The maximum atomic E-state index is 12.7. The molecule has 9 nitrogen and oxygen atoms in total. The Morgan fingerprint density at radius 1 is 0.926 bits per heavy atom. The van der Waals surface area contributed by atoms with Crippen molar-refractivity contribution < 1.29 is 14.3 Å². The third kappa shape index (κ3) is 3.66. The molecule has 0 fully saturated rings. The molecule has 2 N–H and O–H groups in total. The number of nitrogens with one attached hydrogen (secondary N) is 2. The van der Waals surface area contributed by atoms with Gasteiger partial charge in [-0.15, -0.1) is 0 Å². The van der Waals surface area contributed by atoms with Crippen LogP contribution < -0.4 is 15.4 Å². The van der Waals surface area contributed by atoms with Crippen LogP contribution in [0.2, 0.25) is 0 Å². The molecular weight excluding hydrogens is 348 g/mol. The van der Waals surface area contributed by atoms with E-state index in [2.05, 4.69) is 20.8 Å². The zero-order chi connectivity index (χ0) is 19.6. The number of hydrogen-bond donors (Lipinski definition) is 2. The molecule has 140 valence electrons. The fourth-order valence-corrected chi connectivity index (χ4v) is 2.54. The van der Waals surface area contributed by atoms with Crippen molar-refractivity contribution in [3.05, 3.63) is 53.6 Å². The number of rotatable bonds is 5. The third-order valence-electron chi connectivity index (χ3n) is 4.24. The van der Waals surface area contributed by atoms with Crippen molar-refractivity contribution in [2.75, 3.05) is 17.7 Å². The number of aryl methyl sites for hydroxylation is 2. The summed E-state index contributed by atoms with van der Waals surface area (Å²) in [6.45, 7) is 1.85. The first-order valence-electron chi connectivity index (χ1n) is 8.18. The van der Waals surface area contributed by atoms with Crippen LogP contribution in [0.25, 0.3) is 0 Å². The summed E-state index contributed by atoms with van der Waals surface area (Å²) in [5.41, 5.74) is 2.40. The first kappa shape index (κ1) is 18.2. The van der Waals surface area contributed by atoms with Crippen molar-refractivity contribution in [2.24, 2.45) is 14.1 Å². The first-order chi connectivity index (χ1) is 12.9. The summed E-state index contributed by atoms with van der Waals surface area (Å²) < 4.78 is 8.15. The summed E-state index contributed by atoms with van der Waals surface area (Å²) in [7, 11) is 4.98. The van der Waals surface area contributed by atoms with Crippen molar-refractivity contribution in [1.29, 1.82) is 0 Å². The van der Waals surface area contributed by atoms with E-state index < -0.39 is 5.91 Å². The number of carbonyl (C=O) groups excluding carboxylic acids is 2. The number of anilines is 2. The molecule has 0 bridgehead atoms. The zero-order valence-electron chi connectivity index (χ0n) is 15.5. The Hall–Kier alpha value is -3.62. The van der Waals surface area contributed by atoms with E-state index in [9.17, 15) is 9.59 Å². The number of aromatic nitrogens is 4. The second kappa shape index (κ2) is 7.32. The summed E-state index contributed by atoms with van der Waals surface area (Å²) in [5.74, 6) is -0.0896. The summed E-state index contributed by atoms with van der Waals surface area (Å²) in [6, 6.07) is 6.67. The van der Waals surface area contributed by atoms with E-state index in [1.807, 2.05) is 6.92 Å². The molecule has 2 amide bonds. The topological polar surface area (TPSA) is 103 Å². The van der Waals surface area contributed by atoms with Crippen LogP contribution in [-0.2, 0) is 14.1 Å². The van der Waals surface area contributed by atoms with Gasteiger partial charge in [-0.2, -0.15) is 10.2 Å². The van der Waals surface area contributed by atoms with Crippen LogP contribution in [0.15, 0.2) is 36.7 Å². The van der Waals surface area contributed by atoms with E-state index in [1.165, 1.54) is 10.9 Å². The Bertz CT molecular complexity index is 987. The van der Waals surface area contributed by atoms with Gasteiger partial charge in [0.2, 0.25) is 0 Å². The molecular formula is C18H20N6O3. The normalized spacial score (nSPS) is 10.5. The van der Waals surface area contributed by atoms with E-state index in [0.717, 1.165) is 5.69 Å². The van der Waals surface area contributed by atoms with Crippen LogP contribution >= 0.6 is 0 Å². The van der Waals surface area contributed by atoms with Gasteiger partial charge in [0.1, 0.15) is 11.4 Å². The molecule has 9 heteroatoms. The first-order valence-corrected chi connectivity index (χ1v) is 8.18. The average molecular weight is 368 g/mol. The maximum absolute atomic E-state index is 12.7. The SMILES string of the molecule is COc1ccc(C(=O)Nc2cnn(C)c2C(=O)Nc2cnn(C)c2C)cc1. The van der Waals surface area contributed by atoms with Crippen LogP contribution in [0.5, 0.6) is 5.75 Å². The van der Waals surface area contributed by atoms with Crippen LogP contribution in [0, 0.1) is 6.92 Å². The highest BCUT2D eigenvalue weighted by atomic mass is 16.5. The molecule has 3 rings (SSSR count). The lowest BCUT2D eigenvalue weighted by atomic mass is 10.2. The van der Waals surface area contributed by atoms with Crippen LogP contribution in [0.1, 0.15) is 26.5 Å². The third-order valence-corrected chi connectivity index (χ3v) is 4.24. The molecule has 2 heterocycles. The van der Waals surface area contributed by atoms with E-state index in [4.69, 9.17) is 4.74 Å². The Balaban J connectivity index is 1.80. The summed E-state index contributed by atoms with van der Waals surface area (Å²) in [4.78, 5) is 25.2. The van der Waals surface area contributed by atoms with Crippen molar-refractivity contribution in [1.82, 2.24) is 19.6 Å². The Kier molecular flexibility index (Phi) is 4.93. The molecule has 0 aliphatic rings. The number of carbonyl (C=O) groups is 2. The molecule has 3 aromatic rings. The molecule has 0 saturated heterocycles. The molecule has 0 saturated carbocycles. The Morgan fingerprint density at radius 3 is 2.11 bits per heavy atom. The minimum atomic E-state index is -0.392. The van der Waals surface area contributed by atoms with Gasteiger partial charge in [-0.3, -0.25) is 19.0 Å². The average Bonchev–Trinajstić information content (AvgIpc) is 3.18. The van der Waals surface area contributed by atoms with Gasteiger partial charge in [-0.1, -0.05) is 0 Å². The predicted molar refractivity (Wildman–Crippen MR) is 100 cm³/mol. The molecule has 0 atom stereocenters. The van der Waals surface area contributed by atoms with E-state index >= 15 is 0 Å². The quantitative estimate of drug-likeness (QED) is 0.717. The summed E-state index contributed by atoms with van der Waals surface area (Å²) in [6.07, 6.45) is 3.01. The number of methoxy groups -OCH3 is 1. The van der Waals surface area contributed by atoms with Crippen LogP contribution in [0.4, 0.5) is 11.4 Å². The van der Waals surface area contributed by atoms with Gasteiger partial charge in [-0.25, -0.2) is 0 Å². The minimum absolute atomic E-state index is 0.236. The second-order valence-electron chi connectivity index (χ2n) is 5.93. The standard InChI is InChI=1S/C18H20N6O3/c1-11-14(9-19-23(11)2)21-18(26)16-15(10-20-24(16)3)22-17(25)12-5-7-13(27-4)8-6-12/h5-10H,1-4H3,(H,21,26)(H,22,25). The van der Waals surface area contributed by atoms with E-state index in [-0.39, 0.29) is 11.6 Å². The number of hydrogen-bond acceptors (Lipinski definition) is 5. The highest BCUT2D eigenvalue weighted by Crippen LogP contribution is 2.20. The predicted octanol–water partition coefficient (Wildman–Crippen LogP) is 1.98. The molecule has 0 spiro atoms. The van der Waals surface area contributed by atoms with E-state index in [1.54, 1.807) is 56.3 Å². The summed E-state index contributed by atoms with van der Waals surface area (Å²) in [5, 5.41) is 13.7. The van der Waals surface area contributed by atoms with Crippen molar-refractivity contribution in [3.8, 4) is 5.75 Å². The van der Waals surface area contributed by atoms with Gasteiger partial charge >= 0.3 is 0 Å². The fourth-order valence-electron chi connectivity index (χ4n) is 2.54. The maximum Gasteiger partial charge on any atom is 0.276 e. The number of ether oxygens (including phenoxy) is 1. The monoisotopic (exact) mass is 368 g/mol. The fraction of sp³-hybridized carbons (Fsp3) is 0.222. The number of nitrogens with zero attached hydrogens (tertiary/aromatic N) is 4. The summed E-state index contributed by atoms with van der Waals surface area (Å²) >= 11 is 0. The zero-order valence-corrected chi connectivity index (χ0v) is 15.5. The highest BCUT2D eigenvalue weighted by molar-refractivity contribution is 6.11. The van der Waals surface area contributed by atoms with Gasteiger partial charge in [0.05, 0.1) is 36.6 Å². The van der Waals surface area contributed by atoms with Gasteiger partial charge < -0.3 is 15.4 Å². The molecule has 27 heavy (non-hydrogen) atoms. The van der Waals surface area contributed by atoms with Crippen molar-refractivity contribution in [3.63, 3.8) is 0 Å². The van der Waals surface area contributed by atoms with E-state index in [0.29, 0.717) is 22.7 Å². The van der Waals surface area contributed by atoms with Crippen LogP contribution in [0.3, 0.4) is 0 Å².